The third-order valence-electron chi connectivity index (χ3n) is 3.90. The summed E-state index contributed by atoms with van der Waals surface area (Å²) in [6.07, 6.45) is -5.49. The van der Waals surface area contributed by atoms with E-state index in [-0.39, 0.29) is 5.56 Å². The van der Waals surface area contributed by atoms with Crippen LogP contribution in [0.5, 0.6) is 0 Å². The average Bonchev–Trinajstić information content (AvgIpc) is 2.60. The maximum absolute atomic E-state index is 13.3. The van der Waals surface area contributed by atoms with E-state index >= 15 is 0 Å². The number of Topliss-reactive ketones (excluding diaryl/α,β-unsaturated/α-hetero) is 1. The molecule has 2 atom stereocenters. The van der Waals surface area contributed by atoms with Crippen molar-refractivity contribution in [1.82, 2.24) is 4.72 Å². The van der Waals surface area contributed by atoms with Crippen molar-refractivity contribution in [3.05, 3.63) is 60.2 Å². The molecule has 0 saturated carbocycles. The van der Waals surface area contributed by atoms with Crippen LogP contribution in [0.25, 0.3) is 11.1 Å². The minimum atomic E-state index is -4.68. The monoisotopic (exact) mass is 397 g/mol. The minimum Gasteiger partial charge on any atom is -0.294 e. The number of rotatable bonds is 6. The molecule has 146 valence electrons. The number of benzene rings is 2. The lowest BCUT2D eigenvalue weighted by molar-refractivity contribution is -0.150. The molecule has 27 heavy (non-hydrogen) atoms. The summed E-state index contributed by atoms with van der Waals surface area (Å²) >= 11 is 0. The van der Waals surface area contributed by atoms with E-state index in [1.54, 1.807) is 32.9 Å². The topological polar surface area (TPSA) is 46.2 Å². The molecule has 2 aromatic rings. The number of ketones is 1. The van der Waals surface area contributed by atoms with Gasteiger partial charge in [-0.1, -0.05) is 54.6 Å². The van der Waals surface area contributed by atoms with Gasteiger partial charge in [-0.2, -0.15) is 13.2 Å². The Kier molecular flexibility index (Phi) is 6.59. The summed E-state index contributed by atoms with van der Waals surface area (Å²) in [6, 6.07) is 13.7. The summed E-state index contributed by atoms with van der Waals surface area (Å²) in [6.45, 7) is 4.69. The van der Waals surface area contributed by atoms with Gasteiger partial charge in [0.1, 0.15) is 6.04 Å². The Bertz CT molecular complexity index is 797. The van der Waals surface area contributed by atoms with Crippen molar-refractivity contribution in [3.63, 3.8) is 0 Å². The number of carbonyl (C=O) groups is 1. The van der Waals surface area contributed by atoms with Gasteiger partial charge in [0.25, 0.3) is 0 Å². The molecule has 7 heteroatoms. The molecule has 0 heterocycles. The number of nitrogens with one attached hydrogen (secondary N) is 1. The van der Waals surface area contributed by atoms with Gasteiger partial charge in [-0.05, 0) is 31.9 Å². The Balaban J connectivity index is 2.14. The minimum absolute atomic E-state index is 0.187. The van der Waals surface area contributed by atoms with E-state index in [1.807, 2.05) is 30.3 Å². The summed E-state index contributed by atoms with van der Waals surface area (Å²) < 4.78 is 53.1. The van der Waals surface area contributed by atoms with Crippen LogP contribution in [0.2, 0.25) is 0 Å². The van der Waals surface area contributed by atoms with E-state index in [1.165, 1.54) is 12.1 Å². The molecule has 0 spiro atoms. The number of alkyl halides is 3. The van der Waals surface area contributed by atoms with Crippen molar-refractivity contribution in [2.75, 3.05) is 0 Å². The Labute approximate surface area is 159 Å². The smallest absolute Gasteiger partial charge is 0.294 e. The van der Waals surface area contributed by atoms with Crippen molar-refractivity contribution < 1.29 is 22.2 Å². The van der Waals surface area contributed by atoms with Crippen LogP contribution in [-0.2, 0) is 11.0 Å². The number of halogens is 3. The van der Waals surface area contributed by atoms with Crippen LogP contribution in [-0.4, -0.2) is 27.0 Å². The molecule has 0 unspecified atom stereocenters. The van der Waals surface area contributed by atoms with Crippen LogP contribution < -0.4 is 4.72 Å². The summed E-state index contributed by atoms with van der Waals surface area (Å²) in [5, 5.41) is 0. The van der Waals surface area contributed by atoms with E-state index in [0.717, 1.165) is 11.1 Å². The van der Waals surface area contributed by atoms with Crippen LogP contribution in [0.3, 0.4) is 0 Å². The van der Waals surface area contributed by atoms with Crippen molar-refractivity contribution in [2.45, 2.75) is 44.2 Å². The molecule has 0 bridgehead atoms. The van der Waals surface area contributed by atoms with Gasteiger partial charge in [0.15, 0.2) is 5.78 Å². The highest BCUT2D eigenvalue weighted by molar-refractivity contribution is 7.84. The maximum atomic E-state index is 13.3. The predicted molar refractivity (Wildman–Crippen MR) is 102 cm³/mol. The molecule has 0 aliphatic heterocycles. The molecule has 0 aliphatic rings. The molecule has 2 aromatic carbocycles. The normalized spacial score (nSPS) is 14.6. The van der Waals surface area contributed by atoms with E-state index < -0.39 is 40.2 Å². The standard InChI is InChI=1S/C20H22F3NO2S/c1-19(2,3)27(26)24-18(20(21,22)23)13-17(25)16-11-9-15(10-12-16)14-7-5-4-6-8-14/h4-12,18,24H,13H2,1-3H3/t18-,27-/m0/s1. The van der Waals surface area contributed by atoms with Gasteiger partial charge >= 0.3 is 6.18 Å². The first-order valence-corrected chi connectivity index (χ1v) is 9.57. The fourth-order valence-electron chi connectivity index (χ4n) is 2.31. The van der Waals surface area contributed by atoms with Gasteiger partial charge in [0.2, 0.25) is 0 Å². The molecule has 0 saturated heterocycles. The lowest BCUT2D eigenvalue weighted by atomic mass is 10.00. The second-order valence-corrected chi connectivity index (χ2v) is 9.16. The molecular formula is C20H22F3NO2S. The fourth-order valence-corrected chi connectivity index (χ4v) is 3.14. The predicted octanol–water partition coefficient (Wildman–Crippen LogP) is 4.91. The highest BCUT2D eigenvalue weighted by Crippen LogP contribution is 2.26. The third kappa shape index (κ3) is 6.01. The maximum Gasteiger partial charge on any atom is 0.405 e. The molecule has 2 rings (SSSR count). The van der Waals surface area contributed by atoms with Crippen LogP contribution in [0.15, 0.2) is 54.6 Å². The SMILES string of the molecule is CC(C)(C)[S@](=O)N[C@@H](CC(=O)c1ccc(-c2ccccc2)cc1)C(F)(F)F. The largest absolute Gasteiger partial charge is 0.405 e. The summed E-state index contributed by atoms with van der Waals surface area (Å²) in [7, 11) is -1.94. The van der Waals surface area contributed by atoms with E-state index in [4.69, 9.17) is 0 Å². The van der Waals surface area contributed by atoms with Gasteiger partial charge in [0, 0.05) is 12.0 Å². The second-order valence-electron chi connectivity index (χ2n) is 7.16. The fraction of sp³-hybridized carbons (Fsp3) is 0.350. The molecule has 0 fully saturated rings. The zero-order chi connectivity index (χ0) is 20.2. The first-order valence-electron chi connectivity index (χ1n) is 8.42. The Morgan fingerprint density at radius 2 is 1.48 bits per heavy atom. The zero-order valence-corrected chi connectivity index (χ0v) is 16.2. The highest BCUT2D eigenvalue weighted by Gasteiger charge is 2.43. The van der Waals surface area contributed by atoms with E-state index in [2.05, 4.69) is 4.72 Å². The lowest BCUT2D eigenvalue weighted by Gasteiger charge is -2.25. The Morgan fingerprint density at radius 3 is 1.96 bits per heavy atom. The Hall–Kier alpha value is -1.99. The van der Waals surface area contributed by atoms with Gasteiger partial charge in [-0.15, -0.1) is 0 Å². The molecule has 0 radical (unpaired) electrons. The summed E-state index contributed by atoms with van der Waals surface area (Å²) in [5.74, 6) is -0.657. The first-order chi connectivity index (χ1) is 12.5. The van der Waals surface area contributed by atoms with Gasteiger partial charge in [-0.3, -0.25) is 4.79 Å². The summed E-state index contributed by atoms with van der Waals surface area (Å²) in [5.41, 5.74) is 2.01. The highest BCUT2D eigenvalue weighted by atomic mass is 32.2. The van der Waals surface area contributed by atoms with Crippen molar-refractivity contribution in [1.29, 1.82) is 0 Å². The quantitative estimate of drug-likeness (QED) is 0.704. The van der Waals surface area contributed by atoms with Crippen LogP contribution >= 0.6 is 0 Å². The van der Waals surface area contributed by atoms with Gasteiger partial charge < -0.3 is 0 Å². The van der Waals surface area contributed by atoms with Gasteiger partial charge in [-0.25, -0.2) is 8.93 Å². The van der Waals surface area contributed by atoms with E-state index in [9.17, 15) is 22.2 Å². The van der Waals surface area contributed by atoms with Crippen molar-refractivity contribution in [3.8, 4) is 11.1 Å². The number of hydrogen-bond acceptors (Lipinski definition) is 2. The van der Waals surface area contributed by atoms with Crippen molar-refractivity contribution >= 4 is 16.8 Å². The Morgan fingerprint density at radius 1 is 0.963 bits per heavy atom. The van der Waals surface area contributed by atoms with Gasteiger partial charge in [0.05, 0.1) is 15.7 Å². The van der Waals surface area contributed by atoms with E-state index in [0.29, 0.717) is 0 Å². The molecule has 0 aromatic heterocycles. The molecule has 0 aliphatic carbocycles. The zero-order valence-electron chi connectivity index (χ0n) is 15.3. The third-order valence-corrected chi connectivity index (χ3v) is 5.52. The van der Waals surface area contributed by atoms with Crippen LogP contribution in [0.1, 0.15) is 37.6 Å². The lowest BCUT2D eigenvalue weighted by Crippen LogP contribution is -2.48. The van der Waals surface area contributed by atoms with Crippen molar-refractivity contribution in [2.24, 2.45) is 0 Å². The first kappa shape index (κ1) is 21.3. The number of hydrogen-bond donors (Lipinski definition) is 1. The molecular weight excluding hydrogens is 375 g/mol. The number of carbonyl (C=O) groups excluding carboxylic acids is 1. The summed E-state index contributed by atoms with van der Waals surface area (Å²) in [4.78, 5) is 12.3. The molecule has 3 nitrogen and oxygen atoms in total. The second kappa shape index (κ2) is 8.35. The average molecular weight is 397 g/mol. The van der Waals surface area contributed by atoms with Crippen LogP contribution in [0.4, 0.5) is 13.2 Å². The molecule has 1 N–H and O–H groups in total. The van der Waals surface area contributed by atoms with Crippen LogP contribution in [0, 0.1) is 0 Å². The molecule has 0 amide bonds.